The normalized spacial score (nSPS) is 12.7. The van der Waals surface area contributed by atoms with Crippen molar-refractivity contribution in [2.24, 2.45) is 0 Å². The molecular weight excluding hydrogens is 474 g/mol. The third-order valence-electron chi connectivity index (χ3n) is 8.48. The van der Waals surface area contributed by atoms with Crippen molar-refractivity contribution in [1.29, 1.82) is 0 Å². The van der Waals surface area contributed by atoms with Crippen molar-refractivity contribution in [3.8, 4) is 50.5 Å². The maximum absolute atomic E-state index is 5.13. The lowest BCUT2D eigenvalue weighted by molar-refractivity contribution is 1.05. The van der Waals surface area contributed by atoms with Crippen molar-refractivity contribution in [3.63, 3.8) is 0 Å². The number of hydrogen-bond acceptors (Lipinski definition) is 2. The lowest BCUT2D eigenvalue weighted by atomic mass is 9.92. The molecule has 39 heavy (non-hydrogen) atoms. The highest BCUT2D eigenvalue weighted by Crippen LogP contribution is 2.52. The lowest BCUT2D eigenvalue weighted by Gasteiger charge is -2.32. The zero-order valence-corrected chi connectivity index (χ0v) is 21.4. The van der Waals surface area contributed by atoms with Crippen LogP contribution in [0.25, 0.3) is 72.3 Å². The van der Waals surface area contributed by atoms with E-state index in [1.54, 1.807) is 0 Å². The van der Waals surface area contributed by atoms with Gasteiger partial charge in [-0.1, -0.05) is 103 Å². The molecule has 0 radical (unpaired) electrons. The second-order valence-corrected chi connectivity index (χ2v) is 10.4. The summed E-state index contributed by atoms with van der Waals surface area (Å²) in [4.78, 5) is 7.48. The zero-order valence-electron chi connectivity index (χ0n) is 21.4. The molecule has 3 heteroatoms. The van der Waals surface area contributed by atoms with Crippen LogP contribution >= 0.6 is 0 Å². The molecule has 0 fully saturated rings. The lowest BCUT2D eigenvalue weighted by Crippen LogP contribution is -2.19. The van der Waals surface area contributed by atoms with Crippen LogP contribution in [0, 0.1) is 0 Å². The predicted octanol–water partition coefficient (Wildman–Crippen LogP) is 9.24. The van der Waals surface area contributed by atoms with E-state index in [0.29, 0.717) is 0 Å². The van der Waals surface area contributed by atoms with E-state index in [1.165, 1.54) is 55.5 Å². The first-order valence-electron chi connectivity index (χ1n) is 13.4. The molecule has 2 aliphatic rings. The molecule has 0 saturated carbocycles. The number of nitrogens with zero attached hydrogens (tertiary/aromatic N) is 3. The van der Waals surface area contributed by atoms with Crippen molar-refractivity contribution in [2.45, 2.75) is 0 Å². The maximum atomic E-state index is 5.13. The Labute approximate surface area is 226 Å². The minimum atomic E-state index is 0.973. The summed E-state index contributed by atoms with van der Waals surface area (Å²) in [5, 5.41) is 2.64. The Morgan fingerprint density at radius 2 is 1.15 bits per heavy atom. The van der Waals surface area contributed by atoms with Crippen LogP contribution in [-0.2, 0) is 0 Å². The molecule has 0 unspecified atom stereocenters. The van der Waals surface area contributed by atoms with E-state index < -0.39 is 0 Å². The highest BCUT2D eigenvalue weighted by Gasteiger charge is 2.30. The number of benzene rings is 6. The molecule has 0 N–H and O–H groups in total. The largest absolute Gasteiger partial charge is 0.341 e. The number of imidazole rings is 1. The summed E-state index contributed by atoms with van der Waals surface area (Å²) in [7, 11) is 2.19. The standard InChI is InChI=1S/C36H23N3/c1-38-31-18-9-17-30-35(31)39(36(37-30)22-10-3-2-4-11-22)32-19-8-16-29(34(32)38)25-20-21-28-24-13-6-5-12-23(24)26-14-7-15-27(25)33(26)28/h2-21H,1H3. The zero-order chi connectivity index (χ0) is 25.7. The highest BCUT2D eigenvalue weighted by molar-refractivity contribution is 6.19. The summed E-state index contributed by atoms with van der Waals surface area (Å²) in [6.07, 6.45) is 0. The molecule has 7 aromatic rings. The molecule has 0 saturated heterocycles. The van der Waals surface area contributed by atoms with Crippen molar-refractivity contribution in [3.05, 3.63) is 121 Å². The molecule has 0 bridgehead atoms. The molecule has 1 aliphatic carbocycles. The average molecular weight is 498 g/mol. The van der Waals surface area contributed by atoms with Gasteiger partial charge < -0.3 is 4.90 Å². The second-order valence-electron chi connectivity index (χ2n) is 10.4. The summed E-state index contributed by atoms with van der Waals surface area (Å²) in [5.74, 6) is 0.973. The van der Waals surface area contributed by atoms with Gasteiger partial charge >= 0.3 is 0 Å². The topological polar surface area (TPSA) is 21.1 Å². The first kappa shape index (κ1) is 20.9. The Kier molecular flexibility index (Phi) is 3.99. The van der Waals surface area contributed by atoms with Gasteiger partial charge in [0, 0.05) is 18.2 Å². The highest BCUT2D eigenvalue weighted by atomic mass is 15.2. The van der Waals surface area contributed by atoms with Crippen LogP contribution in [0.5, 0.6) is 0 Å². The summed E-state index contributed by atoms with van der Waals surface area (Å²) >= 11 is 0. The molecule has 9 rings (SSSR count). The Morgan fingerprint density at radius 3 is 2.00 bits per heavy atom. The summed E-state index contributed by atoms with van der Waals surface area (Å²) in [6.45, 7) is 0. The van der Waals surface area contributed by atoms with Crippen LogP contribution in [0.15, 0.2) is 121 Å². The fraction of sp³-hybridized carbons (Fsp3) is 0.0278. The van der Waals surface area contributed by atoms with E-state index in [2.05, 4.69) is 138 Å². The third kappa shape index (κ3) is 2.64. The van der Waals surface area contributed by atoms with Crippen LogP contribution in [0.4, 0.5) is 11.4 Å². The van der Waals surface area contributed by atoms with Gasteiger partial charge in [-0.2, -0.15) is 0 Å². The third-order valence-corrected chi connectivity index (χ3v) is 8.48. The molecule has 0 atom stereocenters. The van der Waals surface area contributed by atoms with E-state index in [1.807, 2.05) is 0 Å². The van der Waals surface area contributed by atoms with Crippen LogP contribution < -0.4 is 4.90 Å². The number of rotatable bonds is 2. The quantitative estimate of drug-likeness (QED) is 0.237. The Morgan fingerprint density at radius 1 is 0.513 bits per heavy atom. The van der Waals surface area contributed by atoms with Gasteiger partial charge in [0.05, 0.1) is 28.1 Å². The molecule has 2 heterocycles. The van der Waals surface area contributed by atoms with Gasteiger partial charge in [-0.25, -0.2) is 4.98 Å². The second kappa shape index (κ2) is 7.46. The molecule has 6 aromatic carbocycles. The number of anilines is 2. The SMILES string of the molecule is CN1c2c(-c3ccc4c5c(cccc35)-c3ccccc3-4)cccc2-n2c(-c3ccccc3)nc3cccc1c32. The van der Waals surface area contributed by atoms with Gasteiger partial charge in [0.2, 0.25) is 0 Å². The predicted molar refractivity (Wildman–Crippen MR) is 162 cm³/mol. The molecule has 0 spiro atoms. The Hall–Kier alpha value is -5.15. The monoisotopic (exact) mass is 497 g/mol. The fourth-order valence-corrected chi connectivity index (χ4v) is 6.84. The number of aromatic nitrogens is 2. The summed E-state index contributed by atoms with van der Waals surface area (Å²) in [5.41, 5.74) is 14.6. The Bertz CT molecular complexity index is 2110. The number of fused-ring (bicyclic) bond motifs is 5. The van der Waals surface area contributed by atoms with Gasteiger partial charge in [-0.05, 0) is 56.8 Å². The number of para-hydroxylation sites is 2. The Balaban J connectivity index is 1.36. The van der Waals surface area contributed by atoms with Gasteiger partial charge in [0.15, 0.2) is 0 Å². The van der Waals surface area contributed by atoms with Crippen molar-refractivity contribution in [2.75, 3.05) is 11.9 Å². The molecule has 182 valence electrons. The van der Waals surface area contributed by atoms with E-state index in [9.17, 15) is 0 Å². The molecule has 0 amide bonds. The van der Waals surface area contributed by atoms with Crippen molar-refractivity contribution < 1.29 is 0 Å². The maximum Gasteiger partial charge on any atom is 0.145 e. The first-order valence-corrected chi connectivity index (χ1v) is 13.4. The summed E-state index contributed by atoms with van der Waals surface area (Å²) < 4.78 is 2.36. The average Bonchev–Trinajstić information content (AvgIpc) is 3.55. The molecule has 1 aromatic heterocycles. The van der Waals surface area contributed by atoms with Gasteiger partial charge in [0.25, 0.3) is 0 Å². The van der Waals surface area contributed by atoms with E-state index >= 15 is 0 Å². The minimum absolute atomic E-state index is 0.973. The molecule has 3 nitrogen and oxygen atoms in total. The van der Waals surface area contributed by atoms with E-state index in [-0.39, 0.29) is 0 Å². The minimum Gasteiger partial charge on any atom is -0.341 e. The van der Waals surface area contributed by atoms with Crippen LogP contribution in [-0.4, -0.2) is 16.6 Å². The van der Waals surface area contributed by atoms with Gasteiger partial charge in [-0.15, -0.1) is 0 Å². The summed E-state index contributed by atoms with van der Waals surface area (Å²) in [6, 6.07) is 43.8. The number of hydrogen-bond donors (Lipinski definition) is 0. The first-order chi connectivity index (χ1) is 19.3. The van der Waals surface area contributed by atoms with E-state index in [0.717, 1.165) is 28.1 Å². The fourth-order valence-electron chi connectivity index (χ4n) is 6.84. The van der Waals surface area contributed by atoms with Crippen LogP contribution in [0.1, 0.15) is 0 Å². The van der Waals surface area contributed by atoms with Crippen LogP contribution in [0.3, 0.4) is 0 Å². The van der Waals surface area contributed by atoms with Crippen LogP contribution in [0.2, 0.25) is 0 Å². The molecule has 1 aliphatic heterocycles. The molecular formula is C36H23N3. The van der Waals surface area contributed by atoms with Gasteiger partial charge in [0.1, 0.15) is 5.82 Å². The van der Waals surface area contributed by atoms with E-state index in [4.69, 9.17) is 4.98 Å². The van der Waals surface area contributed by atoms with Crippen molar-refractivity contribution in [1.82, 2.24) is 9.55 Å². The smallest absolute Gasteiger partial charge is 0.145 e. The van der Waals surface area contributed by atoms with Gasteiger partial charge in [-0.3, -0.25) is 4.57 Å². The van der Waals surface area contributed by atoms with Crippen molar-refractivity contribution >= 4 is 33.2 Å².